The van der Waals surface area contributed by atoms with Crippen LogP contribution in [0.4, 0.5) is 5.69 Å². The van der Waals surface area contributed by atoms with Gasteiger partial charge in [0.2, 0.25) is 11.8 Å². The van der Waals surface area contributed by atoms with Crippen molar-refractivity contribution in [3.8, 4) is 0 Å². The van der Waals surface area contributed by atoms with E-state index in [4.69, 9.17) is 34.3 Å². The molecule has 1 saturated heterocycles. The van der Waals surface area contributed by atoms with Crippen molar-refractivity contribution >= 4 is 52.3 Å². The topological polar surface area (TPSA) is 143 Å². The number of carbonyl (C=O) groups is 3. The first-order valence-corrected chi connectivity index (χ1v) is 11.3. The van der Waals surface area contributed by atoms with Gasteiger partial charge in [0.1, 0.15) is 10.4 Å². The maximum Gasteiger partial charge on any atom is 0.313 e. The number of nitrogens with two attached hydrogens (primary N) is 2. The first kappa shape index (κ1) is 24.3. The normalized spacial score (nSPS) is 22.2. The summed E-state index contributed by atoms with van der Waals surface area (Å²) >= 11 is 12.2. The van der Waals surface area contributed by atoms with Crippen LogP contribution in [0.2, 0.25) is 0 Å². The van der Waals surface area contributed by atoms with Gasteiger partial charge < -0.3 is 21.3 Å². The zero-order valence-corrected chi connectivity index (χ0v) is 19.9. The summed E-state index contributed by atoms with van der Waals surface area (Å²) in [6, 6.07) is 0.910. The van der Waals surface area contributed by atoms with Crippen molar-refractivity contribution in [2.75, 3.05) is 18.4 Å². The lowest BCUT2D eigenvalue weighted by atomic mass is 10.1. The van der Waals surface area contributed by atoms with E-state index in [1.54, 1.807) is 24.8 Å². The fourth-order valence-corrected chi connectivity index (χ4v) is 4.91. The van der Waals surface area contributed by atoms with E-state index in [9.17, 15) is 14.4 Å². The number of pyridine rings is 1. The standard InChI is InChI=1S/C21H28Cl2N6O3/c1-10-7-13(17(24)19(25)31)18(12(3)27-10)26-9-16(30)29-6-4-5-15(29)20(32)28-11(2)14-8-21(14,22)23/h7,11,14-15,24,26H,4-6,8-9H2,1-3H3,(H2,25,31)(H,28,32)/p+1/t11-,14-,15+/m1/s1. The van der Waals surface area contributed by atoms with Gasteiger partial charge in [-0.15, -0.1) is 23.2 Å². The maximum absolute atomic E-state index is 13.0. The molecule has 1 aromatic rings. The maximum atomic E-state index is 13.0. The van der Waals surface area contributed by atoms with Crippen molar-refractivity contribution < 1.29 is 19.8 Å². The van der Waals surface area contributed by atoms with Crippen LogP contribution < -0.4 is 21.8 Å². The van der Waals surface area contributed by atoms with Crippen molar-refractivity contribution in [3.05, 3.63) is 23.0 Å². The van der Waals surface area contributed by atoms with Gasteiger partial charge in [0, 0.05) is 24.2 Å². The summed E-state index contributed by atoms with van der Waals surface area (Å²) < 4.78 is -0.788. The van der Waals surface area contributed by atoms with E-state index in [-0.39, 0.29) is 36.0 Å². The molecule has 174 valence electrons. The first-order valence-electron chi connectivity index (χ1n) is 10.5. The van der Waals surface area contributed by atoms with Gasteiger partial charge in [0.05, 0.1) is 23.5 Å². The Bertz CT molecular complexity index is 967. The van der Waals surface area contributed by atoms with Gasteiger partial charge in [-0.1, -0.05) is 0 Å². The fraction of sp³-hybridized carbons (Fsp3) is 0.571. The van der Waals surface area contributed by atoms with E-state index in [1.165, 1.54) is 0 Å². The lowest BCUT2D eigenvalue weighted by molar-refractivity contribution is -0.137. The second-order valence-electron chi connectivity index (χ2n) is 8.52. The third-order valence-electron chi connectivity index (χ3n) is 6.02. The Morgan fingerprint density at radius 3 is 2.62 bits per heavy atom. The van der Waals surface area contributed by atoms with Gasteiger partial charge in [-0.05, 0) is 46.1 Å². The number of anilines is 1. The lowest BCUT2D eigenvalue weighted by Gasteiger charge is -2.26. The highest BCUT2D eigenvalue weighted by atomic mass is 35.5. The summed E-state index contributed by atoms with van der Waals surface area (Å²) in [6.45, 7) is 5.79. The molecule has 0 aromatic carbocycles. The lowest BCUT2D eigenvalue weighted by Crippen LogP contribution is -2.50. The van der Waals surface area contributed by atoms with Crippen molar-refractivity contribution in [2.45, 2.75) is 56.5 Å². The van der Waals surface area contributed by atoms with E-state index >= 15 is 0 Å². The van der Waals surface area contributed by atoms with Crippen LogP contribution in [0.1, 0.15) is 43.1 Å². The third kappa shape index (κ3) is 5.15. The molecule has 3 rings (SSSR count). The number of nitrogens with zero attached hydrogens (tertiary/aromatic N) is 2. The average molecular weight is 484 g/mol. The van der Waals surface area contributed by atoms with Crippen LogP contribution in [0.25, 0.3) is 0 Å². The predicted molar refractivity (Wildman–Crippen MR) is 122 cm³/mol. The number of aromatic nitrogens is 1. The highest BCUT2D eigenvalue weighted by Crippen LogP contribution is 2.54. The molecule has 2 heterocycles. The second kappa shape index (κ2) is 9.23. The van der Waals surface area contributed by atoms with Gasteiger partial charge in [0.15, 0.2) is 0 Å². The van der Waals surface area contributed by atoms with Crippen LogP contribution in [0, 0.1) is 19.8 Å². The Kier molecular flexibility index (Phi) is 7.00. The summed E-state index contributed by atoms with van der Waals surface area (Å²) in [7, 11) is 0. The fourth-order valence-electron chi connectivity index (χ4n) is 4.20. The van der Waals surface area contributed by atoms with Crippen LogP contribution in [0.15, 0.2) is 6.07 Å². The Morgan fingerprint density at radius 2 is 2.03 bits per heavy atom. The minimum Gasteiger partial charge on any atom is -0.374 e. The van der Waals surface area contributed by atoms with E-state index < -0.39 is 16.3 Å². The smallest absolute Gasteiger partial charge is 0.313 e. The van der Waals surface area contributed by atoms with E-state index in [2.05, 4.69) is 15.6 Å². The molecule has 2 aliphatic rings. The molecule has 0 unspecified atom stereocenters. The van der Waals surface area contributed by atoms with Crippen LogP contribution >= 0.6 is 23.2 Å². The zero-order valence-electron chi connectivity index (χ0n) is 18.4. The molecule has 0 radical (unpaired) electrons. The summed E-state index contributed by atoms with van der Waals surface area (Å²) in [5.41, 5.74) is 7.33. The van der Waals surface area contributed by atoms with Crippen LogP contribution in [0.3, 0.4) is 0 Å². The summed E-state index contributed by atoms with van der Waals surface area (Å²) in [4.78, 5) is 43.3. The number of rotatable bonds is 8. The van der Waals surface area contributed by atoms with Gasteiger partial charge in [0.25, 0.3) is 5.71 Å². The first-order chi connectivity index (χ1) is 14.9. The minimum absolute atomic E-state index is 0.00408. The van der Waals surface area contributed by atoms with E-state index in [0.717, 1.165) is 6.42 Å². The Balaban J connectivity index is 1.66. The van der Waals surface area contributed by atoms with Crippen molar-refractivity contribution in [1.82, 2.24) is 15.2 Å². The monoisotopic (exact) mass is 483 g/mol. The summed E-state index contributed by atoms with van der Waals surface area (Å²) in [6.07, 6.45) is 1.95. The number of amides is 3. The molecule has 2 fully saturated rings. The highest BCUT2D eigenvalue weighted by molar-refractivity contribution is 6.51. The molecular formula is C21H29Cl2N6O3+. The second-order valence-corrected chi connectivity index (χ2v) is 10.1. The molecule has 1 saturated carbocycles. The van der Waals surface area contributed by atoms with Gasteiger partial charge in [-0.25, -0.2) is 5.41 Å². The molecule has 11 heteroatoms. The predicted octanol–water partition coefficient (Wildman–Crippen LogP) is -0.167. The number of halogens is 2. The molecular weight excluding hydrogens is 455 g/mol. The molecule has 1 aromatic heterocycles. The quantitative estimate of drug-likeness (QED) is 0.299. The molecule has 32 heavy (non-hydrogen) atoms. The molecule has 3 amide bonds. The number of alkyl halides is 2. The van der Waals surface area contributed by atoms with Crippen molar-refractivity contribution in [3.63, 3.8) is 0 Å². The SMILES string of the molecule is Cc1cc(C(=[NH2+])C(N)=O)c(NCC(=O)N2CCC[C@H]2C(=O)N[C@H](C)[C@H]2CC2(Cl)Cl)c(C)n1. The molecule has 1 aliphatic heterocycles. The Hall–Kier alpha value is -2.39. The Morgan fingerprint density at radius 1 is 1.38 bits per heavy atom. The third-order valence-corrected chi connectivity index (χ3v) is 6.89. The molecule has 6 N–H and O–H groups in total. The number of likely N-dealkylation sites (tertiary alicyclic amines) is 1. The number of hydrogen-bond acceptors (Lipinski definition) is 5. The summed E-state index contributed by atoms with van der Waals surface area (Å²) in [5.74, 6) is -1.21. The number of primary amides is 1. The van der Waals surface area contributed by atoms with Crippen LogP contribution in [-0.2, 0) is 14.4 Å². The number of aryl methyl sites for hydroxylation is 2. The number of nitrogens with one attached hydrogen (secondary N) is 2. The van der Waals surface area contributed by atoms with Gasteiger partial charge in [-0.2, -0.15) is 0 Å². The average Bonchev–Trinajstić information content (AvgIpc) is 3.12. The molecule has 9 nitrogen and oxygen atoms in total. The summed E-state index contributed by atoms with van der Waals surface area (Å²) in [5, 5.41) is 11.8. The minimum atomic E-state index is -0.788. The van der Waals surface area contributed by atoms with E-state index in [1.807, 2.05) is 6.92 Å². The van der Waals surface area contributed by atoms with Gasteiger partial charge in [-0.3, -0.25) is 19.4 Å². The Labute approximate surface area is 196 Å². The van der Waals surface area contributed by atoms with Crippen molar-refractivity contribution in [2.24, 2.45) is 11.7 Å². The number of hydrogen-bond donors (Lipinski definition) is 4. The largest absolute Gasteiger partial charge is 0.374 e. The van der Waals surface area contributed by atoms with Crippen molar-refractivity contribution in [1.29, 1.82) is 0 Å². The van der Waals surface area contributed by atoms with Crippen LogP contribution in [-0.4, -0.2) is 62.8 Å². The highest BCUT2D eigenvalue weighted by Gasteiger charge is 2.55. The van der Waals surface area contributed by atoms with Gasteiger partial charge >= 0.3 is 5.91 Å². The van der Waals surface area contributed by atoms with Crippen LogP contribution in [0.5, 0.6) is 0 Å². The molecule has 3 atom stereocenters. The molecule has 0 bridgehead atoms. The van der Waals surface area contributed by atoms with E-state index in [0.29, 0.717) is 42.0 Å². The molecule has 1 aliphatic carbocycles. The number of carbonyl (C=O) groups excluding carboxylic acids is 3. The molecule has 0 spiro atoms. The zero-order chi connectivity index (χ0) is 23.8.